The van der Waals surface area contributed by atoms with Gasteiger partial charge in [0.05, 0.1) is 0 Å². The third-order valence-electron chi connectivity index (χ3n) is 2.46. The van der Waals surface area contributed by atoms with Crippen LogP contribution in [0.3, 0.4) is 0 Å². The van der Waals surface area contributed by atoms with Crippen LogP contribution in [-0.4, -0.2) is 0 Å². The highest BCUT2D eigenvalue weighted by Gasteiger charge is 2.21. The van der Waals surface area contributed by atoms with Crippen molar-refractivity contribution in [1.82, 2.24) is 0 Å². The lowest BCUT2D eigenvalue weighted by molar-refractivity contribution is 0.448. The molecule has 0 spiro atoms. The molecule has 0 amide bonds. The molecule has 0 nitrogen and oxygen atoms in total. The van der Waals surface area contributed by atoms with Crippen LogP contribution in [0.5, 0.6) is 0 Å². The van der Waals surface area contributed by atoms with Gasteiger partial charge in [0.25, 0.3) is 0 Å². The van der Waals surface area contributed by atoms with E-state index in [1.54, 1.807) is 0 Å². The van der Waals surface area contributed by atoms with Crippen LogP contribution >= 0.6 is 0 Å². The van der Waals surface area contributed by atoms with Gasteiger partial charge in [-0.25, -0.2) is 0 Å². The normalized spacial score (nSPS) is 15.9. The van der Waals surface area contributed by atoms with Gasteiger partial charge in [0.15, 0.2) is 0 Å². The standard InChI is InChI=1S/C16H28/c1-7-9-11-16(10-8-2,12-14(3)4)13-15(5)6/h8-12,15H,7,13H2,1-6H3. The van der Waals surface area contributed by atoms with E-state index >= 15 is 0 Å². The Hall–Kier alpha value is -0.780. The Morgan fingerprint density at radius 1 is 1.19 bits per heavy atom. The molecule has 0 saturated heterocycles. The lowest BCUT2D eigenvalue weighted by Gasteiger charge is -2.26. The van der Waals surface area contributed by atoms with Crippen LogP contribution in [0.25, 0.3) is 0 Å². The lowest BCUT2D eigenvalue weighted by atomic mass is 9.78. The molecule has 0 aliphatic rings. The first kappa shape index (κ1) is 15.2. The molecule has 0 heteroatoms. The average Bonchev–Trinajstić information content (AvgIpc) is 2.13. The van der Waals surface area contributed by atoms with E-state index in [1.165, 1.54) is 12.0 Å². The van der Waals surface area contributed by atoms with Crippen molar-refractivity contribution in [2.45, 2.75) is 54.4 Å². The van der Waals surface area contributed by atoms with E-state index in [2.05, 4.69) is 71.9 Å². The van der Waals surface area contributed by atoms with Crippen LogP contribution in [0.1, 0.15) is 54.4 Å². The van der Waals surface area contributed by atoms with Crippen LogP contribution in [0.15, 0.2) is 36.0 Å². The summed E-state index contributed by atoms with van der Waals surface area (Å²) in [5, 5.41) is 0. The molecule has 16 heavy (non-hydrogen) atoms. The molecular formula is C16H28. The third kappa shape index (κ3) is 5.95. The Bertz CT molecular complexity index is 262. The lowest BCUT2D eigenvalue weighted by Crippen LogP contribution is -2.15. The molecule has 0 aliphatic heterocycles. The van der Waals surface area contributed by atoms with Gasteiger partial charge in [-0.05, 0) is 39.5 Å². The minimum atomic E-state index is 0.123. The van der Waals surface area contributed by atoms with Crippen molar-refractivity contribution in [3.8, 4) is 0 Å². The van der Waals surface area contributed by atoms with E-state index in [9.17, 15) is 0 Å². The zero-order valence-corrected chi connectivity index (χ0v) is 11.9. The van der Waals surface area contributed by atoms with Crippen LogP contribution in [0.4, 0.5) is 0 Å². The number of rotatable bonds is 6. The van der Waals surface area contributed by atoms with Crippen LogP contribution in [0, 0.1) is 11.3 Å². The Kier molecular flexibility index (Phi) is 7.12. The highest BCUT2D eigenvalue weighted by atomic mass is 14.3. The van der Waals surface area contributed by atoms with E-state index in [4.69, 9.17) is 0 Å². The minimum absolute atomic E-state index is 0.123. The molecule has 1 atom stereocenters. The van der Waals surface area contributed by atoms with Crippen LogP contribution in [-0.2, 0) is 0 Å². The van der Waals surface area contributed by atoms with Gasteiger partial charge in [0.1, 0.15) is 0 Å². The highest BCUT2D eigenvalue weighted by Crippen LogP contribution is 2.33. The molecule has 0 aliphatic carbocycles. The molecule has 0 aromatic heterocycles. The molecule has 1 unspecified atom stereocenters. The van der Waals surface area contributed by atoms with Gasteiger partial charge in [0.2, 0.25) is 0 Å². The van der Waals surface area contributed by atoms with Gasteiger partial charge in [-0.3, -0.25) is 0 Å². The summed E-state index contributed by atoms with van der Waals surface area (Å²) in [6.45, 7) is 13.2. The molecule has 0 aromatic rings. The molecule has 0 fully saturated rings. The molecule has 0 bridgehead atoms. The fourth-order valence-electron chi connectivity index (χ4n) is 2.24. The van der Waals surface area contributed by atoms with Gasteiger partial charge in [-0.15, -0.1) is 0 Å². The fraction of sp³-hybridized carbons (Fsp3) is 0.625. The first-order chi connectivity index (χ1) is 7.45. The molecule has 0 N–H and O–H groups in total. The number of hydrogen-bond donors (Lipinski definition) is 0. The van der Waals surface area contributed by atoms with Gasteiger partial charge < -0.3 is 0 Å². The van der Waals surface area contributed by atoms with E-state index < -0.39 is 0 Å². The molecule has 92 valence electrons. The van der Waals surface area contributed by atoms with Gasteiger partial charge in [-0.2, -0.15) is 0 Å². The predicted molar refractivity (Wildman–Crippen MR) is 75.6 cm³/mol. The zero-order chi connectivity index (χ0) is 12.6. The number of hydrogen-bond acceptors (Lipinski definition) is 0. The van der Waals surface area contributed by atoms with E-state index in [0.717, 1.165) is 6.42 Å². The van der Waals surface area contributed by atoms with Crippen molar-refractivity contribution in [2.24, 2.45) is 11.3 Å². The summed E-state index contributed by atoms with van der Waals surface area (Å²) in [4.78, 5) is 0. The smallest absolute Gasteiger partial charge is 0.0246 e. The first-order valence-corrected chi connectivity index (χ1v) is 6.43. The van der Waals surface area contributed by atoms with Crippen molar-refractivity contribution in [1.29, 1.82) is 0 Å². The Balaban J connectivity index is 5.20. The molecule has 0 aromatic carbocycles. The second-order valence-electron chi connectivity index (χ2n) is 5.24. The summed E-state index contributed by atoms with van der Waals surface area (Å²) in [5.74, 6) is 0.702. The Labute approximate surface area is 102 Å². The zero-order valence-electron chi connectivity index (χ0n) is 11.9. The molecule has 0 heterocycles. The maximum atomic E-state index is 2.39. The minimum Gasteiger partial charge on any atom is -0.0905 e. The van der Waals surface area contributed by atoms with Crippen molar-refractivity contribution in [3.05, 3.63) is 36.0 Å². The summed E-state index contributed by atoms with van der Waals surface area (Å²) >= 11 is 0. The van der Waals surface area contributed by atoms with Gasteiger partial charge in [0, 0.05) is 5.41 Å². The van der Waals surface area contributed by atoms with E-state index in [0.29, 0.717) is 5.92 Å². The second-order valence-corrected chi connectivity index (χ2v) is 5.24. The third-order valence-corrected chi connectivity index (χ3v) is 2.46. The van der Waals surface area contributed by atoms with Crippen LogP contribution in [0.2, 0.25) is 0 Å². The van der Waals surface area contributed by atoms with Gasteiger partial charge >= 0.3 is 0 Å². The van der Waals surface area contributed by atoms with Gasteiger partial charge in [-0.1, -0.05) is 56.7 Å². The Morgan fingerprint density at radius 3 is 2.19 bits per heavy atom. The summed E-state index contributed by atoms with van der Waals surface area (Å²) in [5.41, 5.74) is 1.51. The first-order valence-electron chi connectivity index (χ1n) is 6.43. The molecule has 0 saturated carbocycles. The second kappa shape index (κ2) is 7.49. The SMILES string of the molecule is CC=CC(C=CCC)(C=C(C)C)CC(C)C. The summed E-state index contributed by atoms with van der Waals surface area (Å²) in [6, 6.07) is 0. The number of allylic oxidation sites excluding steroid dienone is 6. The Morgan fingerprint density at radius 2 is 1.81 bits per heavy atom. The maximum absolute atomic E-state index is 2.39. The summed E-state index contributed by atoms with van der Waals surface area (Å²) < 4.78 is 0. The highest BCUT2D eigenvalue weighted by molar-refractivity contribution is 5.23. The summed E-state index contributed by atoms with van der Waals surface area (Å²) in [6.07, 6.45) is 13.8. The summed E-state index contributed by atoms with van der Waals surface area (Å²) in [7, 11) is 0. The van der Waals surface area contributed by atoms with Crippen molar-refractivity contribution in [2.75, 3.05) is 0 Å². The van der Waals surface area contributed by atoms with E-state index in [1.807, 2.05) is 0 Å². The monoisotopic (exact) mass is 220 g/mol. The van der Waals surface area contributed by atoms with Crippen molar-refractivity contribution >= 4 is 0 Å². The maximum Gasteiger partial charge on any atom is 0.0246 e. The van der Waals surface area contributed by atoms with Crippen molar-refractivity contribution < 1.29 is 0 Å². The van der Waals surface area contributed by atoms with Crippen LogP contribution < -0.4 is 0 Å². The molecular weight excluding hydrogens is 192 g/mol. The largest absolute Gasteiger partial charge is 0.0905 e. The quantitative estimate of drug-likeness (QED) is 0.516. The average molecular weight is 220 g/mol. The molecule has 0 radical (unpaired) electrons. The predicted octanol–water partition coefficient (Wildman–Crippen LogP) is 5.53. The fourth-order valence-corrected chi connectivity index (χ4v) is 2.24. The van der Waals surface area contributed by atoms with E-state index in [-0.39, 0.29) is 5.41 Å². The van der Waals surface area contributed by atoms with Crippen molar-refractivity contribution in [3.63, 3.8) is 0 Å². The topological polar surface area (TPSA) is 0 Å². The molecule has 0 rings (SSSR count).